The van der Waals surface area contributed by atoms with E-state index in [1.165, 1.54) is 49.6 Å². The van der Waals surface area contributed by atoms with Gasteiger partial charge < -0.3 is 23.7 Å². The minimum Gasteiger partial charge on any atom is -1.00 e. The molecule has 1 atom stereocenters. The number of phenolic OH excluding ortho intramolecular Hbond substituents is 1. The molecular weight excluding hydrogens is 1390 g/mol. The van der Waals surface area contributed by atoms with Crippen LogP contribution in [0.15, 0.2) is 159 Å². The molecule has 3 N–H and O–H groups in total. The van der Waals surface area contributed by atoms with Crippen molar-refractivity contribution in [2.45, 2.75) is 46.1 Å². The molecule has 10 aromatic heterocycles. The first-order valence-electron chi connectivity index (χ1n) is 20.6. The van der Waals surface area contributed by atoms with Gasteiger partial charge in [0.25, 0.3) is 0 Å². The fourth-order valence-corrected chi connectivity index (χ4v) is 15.4. The van der Waals surface area contributed by atoms with E-state index < -0.39 is 12.1 Å². The summed E-state index contributed by atoms with van der Waals surface area (Å²) < 4.78 is 6.66. The summed E-state index contributed by atoms with van der Waals surface area (Å²) in [6.07, 6.45) is 4.42. The van der Waals surface area contributed by atoms with Crippen molar-refractivity contribution in [3.8, 4) is 5.75 Å². The van der Waals surface area contributed by atoms with E-state index in [1.54, 1.807) is 103 Å². The Hall–Kier alpha value is -0.713. The fraction of sp³-hybridized carbons (Fsp3) is 0.135. The van der Waals surface area contributed by atoms with Crippen LogP contribution in [0.25, 0.3) is 20.2 Å². The average molecular weight is 1440 g/mol. The van der Waals surface area contributed by atoms with Crippen molar-refractivity contribution < 1.29 is 64.1 Å². The quantitative estimate of drug-likeness (QED) is 0.0760. The Kier molecular flexibility index (Phi) is 38.2. The van der Waals surface area contributed by atoms with Gasteiger partial charge >= 0.3 is 43.7 Å². The third-order valence-electron chi connectivity index (χ3n) is 9.06. The molecule has 0 spiro atoms. The van der Waals surface area contributed by atoms with Gasteiger partial charge in [0, 0.05) is 57.0 Å². The zero-order valence-corrected chi connectivity index (χ0v) is 53.4. The number of aliphatic hydroxyl groups is 1. The molecule has 0 saturated heterocycles. The maximum Gasteiger partial charge on any atom is 1.00 e. The van der Waals surface area contributed by atoms with Gasteiger partial charge in [-0.25, -0.2) is 4.79 Å². The summed E-state index contributed by atoms with van der Waals surface area (Å²) >= 11 is 29.9. The van der Waals surface area contributed by atoms with Gasteiger partial charge in [-0.3, -0.25) is 4.79 Å². The Morgan fingerprint density at radius 1 is 0.662 bits per heavy atom. The number of carboxylic acids is 1. The largest absolute Gasteiger partial charge is 1.00 e. The Balaban J connectivity index is 0.000000864. The first kappa shape index (κ1) is 71.3. The molecule has 11 aromatic rings. The van der Waals surface area contributed by atoms with Gasteiger partial charge in [0.15, 0.2) is 23.6 Å². The van der Waals surface area contributed by atoms with Crippen LogP contribution in [0.3, 0.4) is 0 Å². The molecule has 0 fully saturated rings. The van der Waals surface area contributed by atoms with Crippen LogP contribution in [-0.4, -0.2) is 44.9 Å². The van der Waals surface area contributed by atoms with Crippen LogP contribution in [0.1, 0.15) is 86.8 Å². The van der Waals surface area contributed by atoms with Gasteiger partial charge in [0.05, 0.1) is 18.9 Å². The summed E-state index contributed by atoms with van der Waals surface area (Å²) in [5.74, 6) is -0.403. The number of rotatable bonds is 9. The molecule has 1 unspecified atom stereocenters. The number of phenols is 1. The molecule has 382 valence electrons. The van der Waals surface area contributed by atoms with E-state index in [0.717, 1.165) is 79.3 Å². The summed E-state index contributed by atoms with van der Waals surface area (Å²) in [5, 5.41) is 58.8. The molecule has 0 saturated carbocycles. The smallest absolute Gasteiger partial charge is 1.00 e. The zero-order chi connectivity index (χ0) is 50.3. The second-order valence-corrected chi connectivity index (χ2v) is 26.7. The molecule has 0 radical (unpaired) electrons. The summed E-state index contributed by atoms with van der Waals surface area (Å²) in [6, 6.07) is 21.8. The summed E-state index contributed by atoms with van der Waals surface area (Å²) in [5.41, 5.74) is 4.75. The van der Waals surface area contributed by atoms with Crippen LogP contribution in [0.2, 0.25) is 0 Å². The number of aldehydes is 1. The molecule has 5 nitrogen and oxygen atoms in total. The standard InChI is InChI=1S/C10H8O2S2.C10H6OS2.C9H7BrOS2.C9H7BrS2.C5H4OS.C4H2Br2S.C4H9.CH4.Al.2Li.4H/c11-10(12)8-2-4-14-9(8)5-7-1-3-13-6-7;11-9-7-2-4-12-8(7)5-6-1-3-13-10(6)9;10-7-2-4-13-9(7)8(11)6-1-3-12-5-6;10-8-2-4-12-9(8)5-7-1-3-11-6-7;6-3-5-1-2-7-4-5;5-3-1-2-7-4(3)6;1-3-4-2;;;;;;;;/h1-4,6H,5H2,(H,11,12);1-5,11H;1-5,8,11H;1-4,6H,5H2;1-4H;1-2H;1,3-4H2,2H3;1H4;;;;;;;/q;;;;;;-1;;;2*+1;;;;-1. The molecule has 0 aliphatic carbocycles. The number of fused-ring (bicyclic) bond motifs is 2. The van der Waals surface area contributed by atoms with Crippen molar-refractivity contribution in [1.29, 1.82) is 0 Å². The summed E-state index contributed by atoms with van der Waals surface area (Å²) in [6.45, 7) is 5.72. The van der Waals surface area contributed by atoms with Gasteiger partial charge in [0.2, 0.25) is 0 Å². The van der Waals surface area contributed by atoms with E-state index in [1.807, 2.05) is 95.6 Å². The van der Waals surface area contributed by atoms with Gasteiger partial charge in [-0.2, -0.15) is 51.8 Å². The second kappa shape index (κ2) is 39.6. The Bertz CT molecular complexity index is 3080. The maximum absolute atomic E-state index is 10.8. The number of benzene rings is 1. The van der Waals surface area contributed by atoms with Crippen LogP contribution in [0, 0.1) is 6.92 Å². The Labute approximate surface area is 543 Å². The minimum absolute atomic E-state index is 0. The van der Waals surface area contributed by atoms with Crippen molar-refractivity contribution in [3.05, 3.63) is 209 Å². The van der Waals surface area contributed by atoms with Crippen LogP contribution in [0.4, 0.5) is 0 Å². The number of thiophene rings is 10. The van der Waals surface area contributed by atoms with E-state index in [0.29, 0.717) is 11.3 Å². The second-order valence-electron chi connectivity index (χ2n) is 13.9. The van der Waals surface area contributed by atoms with Gasteiger partial charge in [-0.15, -0.1) is 68.0 Å². The van der Waals surface area contributed by atoms with E-state index in [9.17, 15) is 19.8 Å². The summed E-state index contributed by atoms with van der Waals surface area (Å²) in [7, 11) is 0. The van der Waals surface area contributed by atoms with Crippen LogP contribution in [0.5, 0.6) is 5.75 Å². The number of carbonyl (C=O) groups excluding carboxylic acids is 1. The number of aromatic hydroxyl groups is 1. The topological polar surface area (TPSA) is 94.8 Å². The molecule has 22 heteroatoms. The number of halogens is 4. The first-order valence-corrected chi connectivity index (χ1v) is 32.8. The molecule has 0 aliphatic heterocycles. The number of carboxylic acid groups (broad SMARTS) is 1. The normalized spacial score (nSPS) is 10.0. The number of hydrogen-bond donors (Lipinski definition) is 3. The Morgan fingerprint density at radius 2 is 1.20 bits per heavy atom. The zero-order valence-electron chi connectivity index (χ0n) is 39.9. The number of carbonyl (C=O) groups is 2. The molecule has 0 aliphatic rings. The summed E-state index contributed by atoms with van der Waals surface area (Å²) in [4.78, 5) is 24.0. The van der Waals surface area contributed by atoms with Gasteiger partial charge in [-0.1, -0.05) is 20.8 Å². The molecule has 0 bridgehead atoms. The minimum atomic E-state index is -0.837. The fourth-order valence-electron chi connectivity index (χ4n) is 5.49. The van der Waals surface area contributed by atoms with Crippen LogP contribution in [-0.2, 0) is 12.8 Å². The monoisotopic (exact) mass is 1430 g/mol. The van der Waals surface area contributed by atoms with E-state index in [4.69, 9.17) is 5.11 Å². The van der Waals surface area contributed by atoms with Crippen molar-refractivity contribution >= 4 is 227 Å². The third-order valence-corrected chi connectivity index (χ3v) is 21.6. The van der Waals surface area contributed by atoms with Crippen molar-refractivity contribution in [3.63, 3.8) is 0 Å². The van der Waals surface area contributed by atoms with Crippen molar-refractivity contribution in [2.75, 3.05) is 0 Å². The number of unbranched alkanes of at least 4 members (excludes halogenated alkanes) is 1. The Morgan fingerprint density at radius 3 is 1.68 bits per heavy atom. The van der Waals surface area contributed by atoms with E-state index >= 15 is 0 Å². The van der Waals surface area contributed by atoms with Crippen molar-refractivity contribution in [1.82, 2.24) is 0 Å². The average Bonchev–Trinajstić information content (AvgIpc) is 4.19. The predicted molar refractivity (Wildman–Crippen MR) is 344 cm³/mol. The predicted octanol–water partition coefficient (Wildman–Crippen LogP) is 14.8. The maximum atomic E-state index is 10.8. The molecule has 0 amide bonds. The number of aromatic carboxylic acids is 1. The molecule has 10 heterocycles. The van der Waals surface area contributed by atoms with Gasteiger partial charge in [-0.05, 0) is 222 Å². The first-order chi connectivity index (χ1) is 33.9. The van der Waals surface area contributed by atoms with Crippen LogP contribution < -0.4 is 37.7 Å². The molecule has 74 heavy (non-hydrogen) atoms. The van der Waals surface area contributed by atoms with E-state index in [-0.39, 0.29) is 63.9 Å². The molecular formula is C52H51AlBr4Li2O5S10. The van der Waals surface area contributed by atoms with Crippen molar-refractivity contribution in [2.24, 2.45) is 0 Å². The molecule has 11 rings (SSSR count). The van der Waals surface area contributed by atoms with E-state index in [2.05, 4.69) is 112 Å². The molecule has 1 aromatic carbocycles. The van der Waals surface area contributed by atoms with Crippen LogP contribution >= 0.6 is 177 Å². The van der Waals surface area contributed by atoms with Gasteiger partial charge in [0.1, 0.15) is 11.9 Å². The number of hydrogen-bond acceptors (Lipinski definition) is 14. The number of aliphatic hydroxyl groups excluding tert-OH is 1. The third kappa shape index (κ3) is 23.6. The SMILES string of the molecule is Brc1ccsc1Br.Brc1ccsc1Cc1ccsc1.C.O=C(O)c1ccsc1Cc1ccsc1.O=Cc1ccsc1.OC(c1ccsc1)c1sccc1Br.Oc1c2ccsc2cc2ccsc12.[AlH3].[CH2-]CCC.[H-].[Li+].[Li+].